The number of methoxy groups -OCH3 is 1. The van der Waals surface area contributed by atoms with Gasteiger partial charge < -0.3 is 24.8 Å². The van der Waals surface area contributed by atoms with Crippen molar-refractivity contribution in [1.29, 1.82) is 0 Å². The van der Waals surface area contributed by atoms with E-state index in [9.17, 15) is 9.90 Å². The van der Waals surface area contributed by atoms with Crippen LogP contribution in [0.25, 0.3) is 11.1 Å². The Bertz CT molecular complexity index is 735. The van der Waals surface area contributed by atoms with Crippen LogP contribution >= 0.6 is 0 Å². The lowest BCUT2D eigenvalue weighted by Crippen LogP contribution is -2.40. The van der Waals surface area contributed by atoms with Crippen molar-refractivity contribution in [2.75, 3.05) is 38.7 Å². The Morgan fingerprint density at radius 1 is 1.28 bits per heavy atom. The zero-order valence-corrected chi connectivity index (χ0v) is 14.1. The Morgan fingerprint density at radius 2 is 2.12 bits per heavy atom. The van der Waals surface area contributed by atoms with E-state index in [0.29, 0.717) is 18.8 Å². The van der Waals surface area contributed by atoms with Crippen molar-refractivity contribution in [3.63, 3.8) is 0 Å². The molecule has 0 aromatic heterocycles. The Kier molecular flexibility index (Phi) is 5.53. The van der Waals surface area contributed by atoms with E-state index < -0.39 is 6.10 Å². The molecule has 1 aliphatic rings. The molecule has 0 bridgehead atoms. The molecule has 0 saturated carbocycles. The molecule has 6 nitrogen and oxygen atoms in total. The number of amides is 2. The second-order valence-electron chi connectivity index (χ2n) is 5.89. The number of anilines is 1. The molecule has 0 unspecified atom stereocenters. The average Bonchev–Trinajstić information content (AvgIpc) is 2.86. The van der Waals surface area contributed by atoms with Crippen molar-refractivity contribution in [2.45, 2.75) is 6.10 Å². The van der Waals surface area contributed by atoms with Crippen LogP contribution in [0.1, 0.15) is 0 Å². The maximum Gasteiger partial charge on any atom is 0.322 e. The third-order valence-electron chi connectivity index (χ3n) is 4.07. The number of rotatable bonds is 3. The maximum absolute atomic E-state index is 12.5. The summed E-state index contributed by atoms with van der Waals surface area (Å²) in [6.45, 7) is 1.39. The maximum atomic E-state index is 12.5. The molecule has 132 valence electrons. The fraction of sp³-hybridized carbons (Fsp3) is 0.316. The third-order valence-corrected chi connectivity index (χ3v) is 4.07. The Morgan fingerprint density at radius 3 is 2.96 bits per heavy atom. The van der Waals surface area contributed by atoms with Gasteiger partial charge >= 0.3 is 6.03 Å². The van der Waals surface area contributed by atoms with Crippen molar-refractivity contribution < 1.29 is 19.4 Å². The molecular weight excluding hydrogens is 320 g/mol. The molecule has 2 aromatic rings. The number of hydrogen-bond donors (Lipinski definition) is 2. The Balaban J connectivity index is 1.76. The molecule has 0 aliphatic carbocycles. The molecule has 0 radical (unpaired) electrons. The molecular formula is C19H22N2O4. The number of nitrogens with zero attached hydrogens (tertiary/aromatic N) is 1. The molecule has 2 N–H and O–H groups in total. The van der Waals surface area contributed by atoms with E-state index in [1.54, 1.807) is 12.0 Å². The van der Waals surface area contributed by atoms with Gasteiger partial charge in [0.1, 0.15) is 5.75 Å². The fourth-order valence-electron chi connectivity index (χ4n) is 2.83. The first-order valence-corrected chi connectivity index (χ1v) is 8.22. The minimum Gasteiger partial charge on any atom is -0.496 e. The first kappa shape index (κ1) is 17.3. The van der Waals surface area contributed by atoms with E-state index in [4.69, 9.17) is 9.47 Å². The van der Waals surface area contributed by atoms with Crippen molar-refractivity contribution in [3.05, 3.63) is 48.5 Å². The van der Waals surface area contributed by atoms with Gasteiger partial charge in [-0.3, -0.25) is 0 Å². The molecule has 1 saturated heterocycles. The topological polar surface area (TPSA) is 71.0 Å². The van der Waals surface area contributed by atoms with Crippen molar-refractivity contribution >= 4 is 11.7 Å². The van der Waals surface area contributed by atoms with Gasteiger partial charge in [-0.1, -0.05) is 30.3 Å². The summed E-state index contributed by atoms with van der Waals surface area (Å²) < 4.78 is 10.7. The molecule has 6 heteroatoms. The van der Waals surface area contributed by atoms with Gasteiger partial charge in [-0.15, -0.1) is 0 Å². The number of benzene rings is 2. The SMILES string of the molecule is COc1ccccc1-c1cccc(NC(=O)N2CCOC[C@@H](O)C2)c1. The number of para-hydroxylation sites is 1. The van der Waals surface area contributed by atoms with Gasteiger partial charge in [-0.05, 0) is 23.8 Å². The van der Waals surface area contributed by atoms with Crippen molar-refractivity contribution in [1.82, 2.24) is 4.90 Å². The van der Waals surface area contributed by atoms with Crippen LogP contribution < -0.4 is 10.1 Å². The predicted octanol–water partition coefficient (Wildman–Crippen LogP) is 2.59. The van der Waals surface area contributed by atoms with E-state index in [2.05, 4.69) is 5.32 Å². The summed E-state index contributed by atoms with van der Waals surface area (Å²) in [5, 5.41) is 12.7. The van der Waals surface area contributed by atoms with Gasteiger partial charge in [0, 0.05) is 17.8 Å². The van der Waals surface area contributed by atoms with Gasteiger partial charge in [0.25, 0.3) is 0 Å². The fourth-order valence-corrected chi connectivity index (χ4v) is 2.83. The van der Waals surface area contributed by atoms with E-state index in [1.807, 2.05) is 48.5 Å². The molecule has 1 aliphatic heterocycles. The lowest BCUT2D eigenvalue weighted by atomic mass is 10.0. The standard InChI is InChI=1S/C19H22N2O4/c1-24-18-8-3-2-7-17(18)14-5-4-6-15(11-14)20-19(23)21-9-10-25-13-16(22)12-21/h2-8,11,16,22H,9-10,12-13H2,1H3,(H,20,23)/t16-/m0/s1. The quantitative estimate of drug-likeness (QED) is 0.899. The second kappa shape index (κ2) is 8.00. The van der Waals surface area contributed by atoms with Crippen LogP contribution in [0.5, 0.6) is 5.75 Å². The van der Waals surface area contributed by atoms with Crippen LogP contribution in [-0.2, 0) is 4.74 Å². The van der Waals surface area contributed by atoms with Crippen molar-refractivity contribution in [2.24, 2.45) is 0 Å². The lowest BCUT2D eigenvalue weighted by molar-refractivity contribution is 0.0575. The highest BCUT2D eigenvalue weighted by Gasteiger charge is 2.21. The largest absolute Gasteiger partial charge is 0.496 e. The summed E-state index contributed by atoms with van der Waals surface area (Å²) in [4.78, 5) is 14.0. The summed E-state index contributed by atoms with van der Waals surface area (Å²) in [6, 6.07) is 15.1. The Labute approximate surface area is 147 Å². The highest BCUT2D eigenvalue weighted by atomic mass is 16.5. The number of aliphatic hydroxyl groups excluding tert-OH is 1. The van der Waals surface area contributed by atoms with Crippen molar-refractivity contribution in [3.8, 4) is 16.9 Å². The van der Waals surface area contributed by atoms with Crippen LogP contribution in [0.3, 0.4) is 0 Å². The molecule has 1 fully saturated rings. The van der Waals surface area contributed by atoms with E-state index in [1.165, 1.54) is 0 Å². The first-order chi connectivity index (χ1) is 12.2. The van der Waals surface area contributed by atoms with Gasteiger partial charge in [-0.2, -0.15) is 0 Å². The number of aliphatic hydroxyl groups is 1. The van der Waals surface area contributed by atoms with Crippen LogP contribution in [0.15, 0.2) is 48.5 Å². The number of nitrogens with one attached hydrogen (secondary N) is 1. The zero-order valence-electron chi connectivity index (χ0n) is 14.1. The molecule has 2 aromatic carbocycles. The second-order valence-corrected chi connectivity index (χ2v) is 5.89. The summed E-state index contributed by atoms with van der Waals surface area (Å²) >= 11 is 0. The van der Waals surface area contributed by atoms with Gasteiger partial charge in [0.15, 0.2) is 0 Å². The van der Waals surface area contributed by atoms with E-state index in [-0.39, 0.29) is 19.2 Å². The molecule has 25 heavy (non-hydrogen) atoms. The molecule has 1 heterocycles. The summed E-state index contributed by atoms with van der Waals surface area (Å²) in [7, 11) is 1.64. The predicted molar refractivity (Wildman–Crippen MR) is 95.8 cm³/mol. The van der Waals surface area contributed by atoms with Crippen LogP contribution in [0.4, 0.5) is 10.5 Å². The number of hydrogen-bond acceptors (Lipinski definition) is 4. The molecule has 2 amide bonds. The van der Waals surface area contributed by atoms with Gasteiger partial charge in [0.05, 0.1) is 33.0 Å². The summed E-state index contributed by atoms with van der Waals surface area (Å²) in [5.74, 6) is 0.777. The number of ether oxygens (including phenoxy) is 2. The number of carbonyl (C=O) groups excluding carboxylic acids is 1. The minimum absolute atomic E-state index is 0.248. The molecule has 0 spiro atoms. The van der Waals surface area contributed by atoms with Crippen LogP contribution in [0, 0.1) is 0 Å². The lowest BCUT2D eigenvalue weighted by Gasteiger charge is -2.22. The zero-order chi connectivity index (χ0) is 17.6. The normalized spacial score (nSPS) is 17.7. The molecule has 3 rings (SSSR count). The molecule has 1 atom stereocenters. The number of carbonyl (C=O) groups is 1. The average molecular weight is 342 g/mol. The summed E-state index contributed by atoms with van der Waals surface area (Å²) in [5.41, 5.74) is 2.60. The highest BCUT2D eigenvalue weighted by molar-refractivity contribution is 5.90. The van der Waals surface area contributed by atoms with Crippen LogP contribution in [-0.4, -0.2) is 55.6 Å². The smallest absolute Gasteiger partial charge is 0.322 e. The van der Waals surface area contributed by atoms with Gasteiger partial charge in [0.2, 0.25) is 0 Å². The van der Waals surface area contributed by atoms with E-state index >= 15 is 0 Å². The monoisotopic (exact) mass is 342 g/mol. The number of β-amino-alcohol motifs (C(OH)–C–C–N with tert-alkyl or cyclic N) is 1. The number of urea groups is 1. The Hall–Kier alpha value is -2.57. The van der Waals surface area contributed by atoms with Gasteiger partial charge in [-0.25, -0.2) is 4.79 Å². The first-order valence-electron chi connectivity index (χ1n) is 8.22. The minimum atomic E-state index is -0.659. The van der Waals surface area contributed by atoms with E-state index in [0.717, 1.165) is 16.9 Å². The highest BCUT2D eigenvalue weighted by Crippen LogP contribution is 2.31. The summed E-state index contributed by atoms with van der Waals surface area (Å²) in [6.07, 6.45) is -0.659. The third kappa shape index (κ3) is 4.29. The van der Waals surface area contributed by atoms with Crippen LogP contribution in [0.2, 0.25) is 0 Å².